The molecule has 102 valence electrons. The van der Waals surface area contributed by atoms with Crippen molar-refractivity contribution < 1.29 is 0 Å². The van der Waals surface area contributed by atoms with E-state index in [1.165, 1.54) is 12.8 Å². The Morgan fingerprint density at radius 3 is 2.53 bits per heavy atom. The Hall–Kier alpha value is -0.510. The molecule has 0 bridgehead atoms. The van der Waals surface area contributed by atoms with E-state index in [0.29, 0.717) is 22.0 Å². The summed E-state index contributed by atoms with van der Waals surface area (Å²) in [5.41, 5.74) is 2.02. The maximum Gasteiger partial charge on any atom is 0.178 e. The molecule has 19 heavy (non-hydrogen) atoms. The van der Waals surface area contributed by atoms with Crippen LogP contribution in [0.25, 0.3) is 11.0 Å². The van der Waals surface area contributed by atoms with Gasteiger partial charge in [0.2, 0.25) is 0 Å². The van der Waals surface area contributed by atoms with Crippen molar-refractivity contribution in [2.75, 3.05) is 0 Å². The smallest absolute Gasteiger partial charge is 0.178 e. The van der Waals surface area contributed by atoms with E-state index in [1.807, 2.05) is 12.1 Å². The fourth-order valence-electron chi connectivity index (χ4n) is 3.15. The second-order valence-electron chi connectivity index (χ2n) is 5.56. The number of rotatable bonds is 1. The molecule has 1 saturated carbocycles. The highest BCUT2D eigenvalue weighted by molar-refractivity contribution is 7.71. The van der Waals surface area contributed by atoms with E-state index in [-0.39, 0.29) is 0 Å². The van der Waals surface area contributed by atoms with Crippen LogP contribution in [0.2, 0.25) is 10.0 Å². The minimum atomic E-state index is 0.452. The van der Waals surface area contributed by atoms with Crippen LogP contribution < -0.4 is 0 Å². The molecule has 1 aromatic heterocycles. The molecule has 0 amide bonds. The normalized spacial score (nSPS) is 27.3. The first kappa shape index (κ1) is 13.5. The fraction of sp³-hybridized carbons (Fsp3) is 0.500. The summed E-state index contributed by atoms with van der Waals surface area (Å²) in [6.07, 6.45) is 2.42. The zero-order valence-electron chi connectivity index (χ0n) is 10.9. The zero-order chi connectivity index (χ0) is 13.7. The van der Waals surface area contributed by atoms with Crippen LogP contribution in [0.5, 0.6) is 0 Å². The topological polar surface area (TPSA) is 20.7 Å². The number of H-pyrrole nitrogens is 1. The van der Waals surface area contributed by atoms with Crippen LogP contribution in [-0.2, 0) is 0 Å². The summed E-state index contributed by atoms with van der Waals surface area (Å²) in [4.78, 5) is 3.24. The van der Waals surface area contributed by atoms with Crippen LogP contribution >= 0.6 is 35.4 Å². The number of benzene rings is 1. The third-order valence-electron chi connectivity index (χ3n) is 4.51. The first-order valence-corrected chi connectivity index (χ1v) is 7.74. The number of imidazole rings is 1. The van der Waals surface area contributed by atoms with Crippen molar-refractivity contribution in [1.29, 1.82) is 0 Å². The van der Waals surface area contributed by atoms with E-state index in [4.69, 9.17) is 35.4 Å². The van der Waals surface area contributed by atoms with Crippen molar-refractivity contribution in [2.45, 2.75) is 32.7 Å². The predicted molar refractivity (Wildman–Crippen MR) is 83.7 cm³/mol. The summed E-state index contributed by atoms with van der Waals surface area (Å²) >= 11 is 17.7. The third-order valence-corrected chi connectivity index (χ3v) is 5.53. The van der Waals surface area contributed by atoms with Crippen LogP contribution in [0.4, 0.5) is 0 Å². The van der Waals surface area contributed by atoms with Crippen LogP contribution in [0.1, 0.15) is 32.7 Å². The minimum Gasteiger partial charge on any atom is -0.331 e. The third kappa shape index (κ3) is 2.12. The van der Waals surface area contributed by atoms with Crippen LogP contribution in [0.3, 0.4) is 0 Å². The van der Waals surface area contributed by atoms with E-state index in [0.717, 1.165) is 21.7 Å². The van der Waals surface area contributed by atoms with E-state index in [1.54, 1.807) is 0 Å². The van der Waals surface area contributed by atoms with Gasteiger partial charge in [-0.3, -0.25) is 0 Å². The lowest BCUT2D eigenvalue weighted by Crippen LogP contribution is -2.14. The Morgan fingerprint density at radius 2 is 1.89 bits per heavy atom. The molecule has 1 heterocycles. The van der Waals surface area contributed by atoms with E-state index in [9.17, 15) is 0 Å². The maximum absolute atomic E-state index is 6.15. The van der Waals surface area contributed by atoms with Crippen molar-refractivity contribution in [2.24, 2.45) is 11.8 Å². The second kappa shape index (κ2) is 4.80. The van der Waals surface area contributed by atoms with Crippen molar-refractivity contribution >= 4 is 46.5 Å². The molecule has 0 saturated heterocycles. The quantitative estimate of drug-likeness (QED) is 0.678. The molecule has 5 heteroatoms. The van der Waals surface area contributed by atoms with Gasteiger partial charge in [0.15, 0.2) is 4.77 Å². The number of hydrogen-bond acceptors (Lipinski definition) is 1. The summed E-state index contributed by atoms with van der Waals surface area (Å²) in [5.74, 6) is 1.36. The van der Waals surface area contributed by atoms with Crippen molar-refractivity contribution in [3.63, 3.8) is 0 Å². The summed E-state index contributed by atoms with van der Waals surface area (Å²) in [6.45, 7) is 4.62. The van der Waals surface area contributed by atoms with Crippen molar-refractivity contribution in [1.82, 2.24) is 9.55 Å². The second-order valence-corrected chi connectivity index (χ2v) is 6.77. The molecule has 0 radical (unpaired) electrons. The first-order chi connectivity index (χ1) is 8.99. The maximum atomic E-state index is 6.15. The zero-order valence-corrected chi connectivity index (χ0v) is 13.2. The molecule has 3 rings (SSSR count). The SMILES string of the molecule is CC1CCC(n2c(=S)[nH]c3cc(Cl)c(Cl)cc32)C1C. The van der Waals surface area contributed by atoms with Crippen LogP contribution in [0.15, 0.2) is 12.1 Å². The van der Waals surface area contributed by atoms with Gasteiger partial charge in [0, 0.05) is 6.04 Å². The molecule has 1 aromatic carbocycles. The predicted octanol–water partition coefficient (Wildman–Crippen LogP) is 5.61. The average molecular weight is 315 g/mol. The summed E-state index contributed by atoms with van der Waals surface area (Å²) < 4.78 is 2.99. The minimum absolute atomic E-state index is 0.452. The van der Waals surface area contributed by atoms with Gasteiger partial charge in [-0.15, -0.1) is 0 Å². The van der Waals surface area contributed by atoms with Crippen LogP contribution in [-0.4, -0.2) is 9.55 Å². The monoisotopic (exact) mass is 314 g/mol. The van der Waals surface area contributed by atoms with E-state index >= 15 is 0 Å². The molecule has 1 aliphatic carbocycles. The number of aromatic amines is 1. The van der Waals surface area contributed by atoms with Gasteiger partial charge < -0.3 is 9.55 Å². The van der Waals surface area contributed by atoms with Crippen LogP contribution in [0, 0.1) is 16.6 Å². The van der Waals surface area contributed by atoms with E-state index < -0.39 is 0 Å². The average Bonchev–Trinajstić information content (AvgIpc) is 2.82. The lowest BCUT2D eigenvalue weighted by atomic mass is 9.97. The van der Waals surface area contributed by atoms with Gasteiger partial charge in [0.05, 0.1) is 21.1 Å². The molecule has 2 aromatic rings. The largest absolute Gasteiger partial charge is 0.331 e. The molecular formula is C14H16Cl2N2S. The summed E-state index contributed by atoms with van der Waals surface area (Å²) in [5, 5.41) is 1.14. The lowest BCUT2D eigenvalue weighted by molar-refractivity contribution is 0.356. The highest BCUT2D eigenvalue weighted by Gasteiger charge is 2.32. The number of aromatic nitrogens is 2. The number of nitrogens with zero attached hydrogens (tertiary/aromatic N) is 1. The van der Waals surface area contributed by atoms with Gasteiger partial charge in [-0.05, 0) is 49.0 Å². The highest BCUT2D eigenvalue weighted by Crippen LogP contribution is 2.42. The summed E-state index contributed by atoms with van der Waals surface area (Å²) in [7, 11) is 0. The highest BCUT2D eigenvalue weighted by atomic mass is 35.5. The molecule has 0 spiro atoms. The van der Waals surface area contributed by atoms with Gasteiger partial charge in [-0.1, -0.05) is 37.0 Å². The molecule has 3 atom stereocenters. The Bertz CT molecular complexity index is 689. The molecule has 0 aliphatic heterocycles. The Balaban J connectivity index is 2.21. The van der Waals surface area contributed by atoms with Gasteiger partial charge in [-0.2, -0.15) is 0 Å². The summed E-state index contributed by atoms with van der Waals surface area (Å²) in [6, 6.07) is 4.23. The number of halogens is 2. The van der Waals surface area contributed by atoms with Crippen molar-refractivity contribution in [3.8, 4) is 0 Å². The molecule has 1 aliphatic rings. The Labute approximate surface area is 127 Å². The molecule has 1 fully saturated rings. The Kier molecular flexibility index (Phi) is 3.40. The van der Waals surface area contributed by atoms with Crippen molar-refractivity contribution in [3.05, 3.63) is 26.9 Å². The molecule has 1 N–H and O–H groups in total. The lowest BCUT2D eigenvalue weighted by Gasteiger charge is -2.20. The van der Waals surface area contributed by atoms with Gasteiger partial charge in [0.1, 0.15) is 0 Å². The molecular weight excluding hydrogens is 299 g/mol. The fourth-order valence-corrected chi connectivity index (χ4v) is 3.82. The van der Waals surface area contributed by atoms with Gasteiger partial charge in [0.25, 0.3) is 0 Å². The number of fused-ring (bicyclic) bond motifs is 1. The first-order valence-electron chi connectivity index (χ1n) is 6.58. The standard InChI is InChI=1S/C14H16Cl2N2S/c1-7-3-4-12(8(7)2)18-13-6-10(16)9(15)5-11(13)17-14(18)19/h5-8,12H,3-4H2,1-2H3,(H,17,19). The number of hydrogen-bond donors (Lipinski definition) is 1. The number of nitrogens with one attached hydrogen (secondary N) is 1. The molecule has 2 nitrogen and oxygen atoms in total. The van der Waals surface area contributed by atoms with Gasteiger partial charge in [-0.25, -0.2) is 0 Å². The molecule has 3 unspecified atom stereocenters. The van der Waals surface area contributed by atoms with E-state index in [2.05, 4.69) is 23.4 Å². The Morgan fingerprint density at radius 1 is 1.21 bits per heavy atom. The van der Waals surface area contributed by atoms with Gasteiger partial charge >= 0.3 is 0 Å².